The highest BCUT2D eigenvalue weighted by molar-refractivity contribution is 7.89. The number of piperazine rings is 1. The number of carbonyl (C=O) groups excluding carboxylic acids is 1. The van der Waals surface area contributed by atoms with Crippen molar-refractivity contribution in [1.29, 1.82) is 5.26 Å². The van der Waals surface area contributed by atoms with Crippen molar-refractivity contribution >= 4 is 21.6 Å². The molecule has 0 spiro atoms. The second-order valence-electron chi connectivity index (χ2n) is 7.73. The quantitative estimate of drug-likeness (QED) is 0.750. The summed E-state index contributed by atoms with van der Waals surface area (Å²) in [4.78, 5) is 16.7. The van der Waals surface area contributed by atoms with E-state index in [1.54, 1.807) is 17.0 Å². The number of benzene rings is 2. The normalized spacial score (nSPS) is 19.4. The Morgan fingerprint density at radius 1 is 1.07 bits per heavy atom. The van der Waals surface area contributed by atoms with E-state index in [0.717, 1.165) is 12.2 Å². The van der Waals surface area contributed by atoms with E-state index in [0.29, 0.717) is 25.6 Å². The first-order chi connectivity index (χ1) is 14.4. The Morgan fingerprint density at radius 3 is 2.47 bits per heavy atom. The average molecular weight is 425 g/mol. The highest BCUT2D eigenvalue weighted by Gasteiger charge is 2.33. The summed E-state index contributed by atoms with van der Waals surface area (Å²) in [5.41, 5.74) is 2.50. The smallest absolute Gasteiger partial charge is 0.244 e. The van der Waals surface area contributed by atoms with Crippen LogP contribution in [0.1, 0.15) is 24.0 Å². The Morgan fingerprint density at radius 2 is 1.73 bits per heavy atom. The zero-order chi connectivity index (χ0) is 21.3. The molecule has 0 aromatic heterocycles. The third kappa shape index (κ3) is 3.66. The number of sulfonamides is 1. The van der Waals surface area contributed by atoms with Gasteiger partial charge in [-0.05, 0) is 23.8 Å². The molecule has 1 fully saturated rings. The predicted octanol–water partition coefficient (Wildman–Crippen LogP) is 2.01. The molecule has 156 valence electrons. The first-order valence-corrected chi connectivity index (χ1v) is 11.5. The topological polar surface area (TPSA) is 84.7 Å². The molecular weight excluding hydrogens is 400 g/mol. The molecule has 1 amide bonds. The number of hydrogen-bond donors (Lipinski definition) is 0. The van der Waals surface area contributed by atoms with Crippen LogP contribution in [0, 0.1) is 11.3 Å². The van der Waals surface area contributed by atoms with Gasteiger partial charge >= 0.3 is 0 Å². The van der Waals surface area contributed by atoms with Gasteiger partial charge in [0.15, 0.2) is 0 Å². The lowest BCUT2D eigenvalue weighted by Gasteiger charge is -2.35. The van der Waals surface area contributed by atoms with Crippen LogP contribution in [-0.4, -0.2) is 62.8 Å². The van der Waals surface area contributed by atoms with E-state index in [2.05, 4.69) is 17.9 Å². The van der Waals surface area contributed by atoms with E-state index in [4.69, 9.17) is 0 Å². The van der Waals surface area contributed by atoms with Gasteiger partial charge in [-0.15, -0.1) is 0 Å². The second kappa shape index (κ2) is 8.09. The average Bonchev–Trinajstić information content (AvgIpc) is 3.09. The van der Waals surface area contributed by atoms with Crippen LogP contribution in [-0.2, 0) is 14.8 Å². The van der Waals surface area contributed by atoms with Crippen LogP contribution in [0.15, 0.2) is 53.4 Å². The van der Waals surface area contributed by atoms with Gasteiger partial charge < -0.3 is 9.80 Å². The van der Waals surface area contributed by atoms with Crippen molar-refractivity contribution in [2.24, 2.45) is 0 Å². The molecule has 0 radical (unpaired) electrons. The van der Waals surface area contributed by atoms with Crippen molar-refractivity contribution in [2.45, 2.75) is 17.7 Å². The Bertz CT molecular complexity index is 1100. The van der Waals surface area contributed by atoms with Gasteiger partial charge in [-0.3, -0.25) is 4.79 Å². The fourth-order valence-electron chi connectivity index (χ4n) is 4.23. The van der Waals surface area contributed by atoms with Crippen molar-refractivity contribution in [3.63, 3.8) is 0 Å². The fourth-order valence-corrected chi connectivity index (χ4v) is 5.80. The monoisotopic (exact) mass is 424 g/mol. The second-order valence-corrected chi connectivity index (χ2v) is 9.64. The van der Waals surface area contributed by atoms with Crippen LogP contribution in [0.4, 0.5) is 5.69 Å². The van der Waals surface area contributed by atoms with E-state index in [-0.39, 0.29) is 29.5 Å². The molecule has 1 atom stereocenters. The maximum Gasteiger partial charge on any atom is 0.244 e. The minimum Gasteiger partial charge on any atom is -0.361 e. The Labute approximate surface area is 177 Å². The Kier molecular flexibility index (Phi) is 5.50. The number of amides is 1. The van der Waals surface area contributed by atoms with Crippen molar-refractivity contribution in [3.05, 3.63) is 59.7 Å². The number of anilines is 1. The van der Waals surface area contributed by atoms with Crippen LogP contribution < -0.4 is 4.90 Å². The summed E-state index contributed by atoms with van der Waals surface area (Å²) in [6.45, 7) is 4.40. The maximum atomic E-state index is 13.0. The summed E-state index contributed by atoms with van der Waals surface area (Å²) < 4.78 is 27.3. The van der Waals surface area contributed by atoms with Crippen molar-refractivity contribution < 1.29 is 13.2 Å². The highest BCUT2D eigenvalue weighted by Crippen LogP contribution is 2.35. The fraction of sp³-hybridized carbons (Fsp3) is 0.364. The first-order valence-electron chi connectivity index (χ1n) is 10.0. The molecule has 2 aromatic rings. The summed E-state index contributed by atoms with van der Waals surface area (Å²) in [5.74, 6) is 0.393. The van der Waals surface area contributed by atoms with Gasteiger partial charge in [-0.2, -0.15) is 9.57 Å². The number of rotatable bonds is 4. The van der Waals surface area contributed by atoms with Gasteiger partial charge in [0, 0.05) is 44.3 Å². The van der Waals surface area contributed by atoms with E-state index >= 15 is 0 Å². The first kappa shape index (κ1) is 20.4. The molecule has 30 heavy (non-hydrogen) atoms. The number of fused-ring (bicyclic) bond motifs is 1. The van der Waals surface area contributed by atoms with E-state index in [1.165, 1.54) is 22.0 Å². The predicted molar refractivity (Wildman–Crippen MR) is 114 cm³/mol. The maximum absolute atomic E-state index is 13.0. The molecule has 0 N–H and O–H groups in total. The summed E-state index contributed by atoms with van der Waals surface area (Å²) in [5, 5.41) is 9.23. The molecule has 0 aliphatic carbocycles. The lowest BCUT2D eigenvalue weighted by molar-refractivity contribution is -0.130. The minimum atomic E-state index is -3.76. The number of hydrogen-bond acceptors (Lipinski definition) is 5. The largest absolute Gasteiger partial charge is 0.361 e. The molecule has 2 aliphatic rings. The molecule has 4 rings (SSSR count). The lowest BCUT2D eigenvalue weighted by atomic mass is 10.0. The molecule has 2 heterocycles. The van der Waals surface area contributed by atoms with Crippen molar-refractivity contribution in [3.8, 4) is 6.07 Å². The molecule has 0 bridgehead atoms. The molecule has 0 saturated carbocycles. The van der Waals surface area contributed by atoms with Gasteiger partial charge in [-0.1, -0.05) is 37.3 Å². The summed E-state index contributed by atoms with van der Waals surface area (Å²) in [6, 6.07) is 16.3. The Hall–Kier alpha value is -2.89. The van der Waals surface area contributed by atoms with Gasteiger partial charge in [0.05, 0.1) is 17.0 Å². The lowest BCUT2D eigenvalue weighted by Crippen LogP contribution is -2.52. The van der Waals surface area contributed by atoms with Gasteiger partial charge in [0.25, 0.3) is 0 Å². The number of para-hydroxylation sites is 1. The van der Waals surface area contributed by atoms with Crippen molar-refractivity contribution in [1.82, 2.24) is 9.21 Å². The van der Waals surface area contributed by atoms with Crippen molar-refractivity contribution in [2.75, 3.05) is 44.2 Å². The van der Waals surface area contributed by atoms with E-state index < -0.39 is 10.0 Å². The molecule has 7 nitrogen and oxygen atoms in total. The number of nitriles is 1. The van der Waals surface area contributed by atoms with Crippen LogP contribution in [0.3, 0.4) is 0 Å². The molecule has 8 heteroatoms. The SMILES string of the molecule is CC1CN(CC(=O)N2CCN(S(=O)(=O)c3ccccc3C#N)CC2)c2ccccc21. The summed E-state index contributed by atoms with van der Waals surface area (Å²) in [6.07, 6.45) is 0. The third-order valence-electron chi connectivity index (χ3n) is 5.85. The zero-order valence-electron chi connectivity index (χ0n) is 16.9. The molecular formula is C22H24N4O3S. The molecule has 2 aliphatic heterocycles. The van der Waals surface area contributed by atoms with E-state index in [1.807, 2.05) is 24.3 Å². The van der Waals surface area contributed by atoms with Gasteiger partial charge in [-0.25, -0.2) is 8.42 Å². The minimum absolute atomic E-state index is 0.00776. The van der Waals surface area contributed by atoms with Crippen LogP contribution in [0.25, 0.3) is 0 Å². The Balaban J connectivity index is 1.40. The van der Waals surface area contributed by atoms with Gasteiger partial charge in [0.2, 0.25) is 15.9 Å². The number of carbonyl (C=O) groups is 1. The zero-order valence-corrected chi connectivity index (χ0v) is 17.7. The van der Waals surface area contributed by atoms with Gasteiger partial charge in [0.1, 0.15) is 6.07 Å². The van der Waals surface area contributed by atoms with Crippen LogP contribution in [0.2, 0.25) is 0 Å². The highest BCUT2D eigenvalue weighted by atomic mass is 32.2. The summed E-state index contributed by atoms with van der Waals surface area (Å²) >= 11 is 0. The van der Waals surface area contributed by atoms with Crippen LogP contribution in [0.5, 0.6) is 0 Å². The third-order valence-corrected chi connectivity index (χ3v) is 7.80. The molecule has 1 unspecified atom stereocenters. The van der Waals surface area contributed by atoms with E-state index in [9.17, 15) is 18.5 Å². The summed E-state index contributed by atoms with van der Waals surface area (Å²) in [7, 11) is -3.76. The number of nitrogens with zero attached hydrogens (tertiary/aromatic N) is 4. The standard InChI is InChI=1S/C22H24N4O3S/c1-17-15-25(20-8-4-3-7-19(17)20)16-22(27)24-10-12-26(13-11-24)30(28,29)21-9-5-2-6-18(21)14-23/h2-9,17H,10-13,15-16H2,1H3. The molecule has 2 aromatic carbocycles. The molecule has 1 saturated heterocycles. The van der Waals surface area contributed by atoms with Crippen LogP contribution >= 0.6 is 0 Å².